The molecular weight excluding hydrogens is 407 g/mol. The highest BCUT2D eigenvalue weighted by atomic mass is 35.5. The van der Waals surface area contributed by atoms with Gasteiger partial charge < -0.3 is 0 Å². The molecule has 1 amide bonds. The minimum absolute atomic E-state index is 0.0320. The lowest BCUT2D eigenvalue weighted by Crippen LogP contribution is -2.15. The van der Waals surface area contributed by atoms with E-state index in [0.29, 0.717) is 29.3 Å². The van der Waals surface area contributed by atoms with Gasteiger partial charge in [-0.25, -0.2) is 5.43 Å². The van der Waals surface area contributed by atoms with E-state index in [-0.39, 0.29) is 11.7 Å². The molecular formula is C23H24Cl2N2O2. The molecule has 0 radical (unpaired) electrons. The molecule has 0 spiro atoms. The largest absolute Gasteiger partial charge is 0.299 e. The number of halogens is 2. The monoisotopic (exact) mass is 430 g/mol. The molecule has 1 heterocycles. The van der Waals surface area contributed by atoms with Crippen LogP contribution < -0.4 is 5.43 Å². The summed E-state index contributed by atoms with van der Waals surface area (Å²) in [6, 6.07) is 11.8. The second-order valence-corrected chi connectivity index (χ2v) is 8.22. The number of hydrazone groups is 1. The molecule has 6 heteroatoms. The second-order valence-electron chi connectivity index (χ2n) is 7.41. The molecule has 2 aromatic carbocycles. The van der Waals surface area contributed by atoms with Crippen LogP contribution >= 0.6 is 23.2 Å². The molecule has 0 atom stereocenters. The van der Waals surface area contributed by atoms with Crippen molar-refractivity contribution < 1.29 is 9.59 Å². The fourth-order valence-corrected chi connectivity index (χ4v) is 3.82. The van der Waals surface area contributed by atoms with Gasteiger partial charge in [-0.05, 0) is 67.0 Å². The van der Waals surface area contributed by atoms with Gasteiger partial charge in [0.2, 0.25) is 5.91 Å². The Labute approximate surface area is 181 Å². The number of carbonyl (C=O) groups is 2. The first-order valence-electron chi connectivity index (χ1n) is 9.83. The lowest BCUT2D eigenvalue weighted by molar-refractivity contribution is -0.121. The van der Waals surface area contributed by atoms with E-state index in [4.69, 9.17) is 23.2 Å². The molecule has 1 aliphatic heterocycles. The number of Topliss-reactive ketones (excluding diaryl/α,β-unsaturated/α-hetero) is 1. The maximum atomic E-state index is 12.3. The molecule has 0 bridgehead atoms. The van der Waals surface area contributed by atoms with Gasteiger partial charge in [0.25, 0.3) is 0 Å². The van der Waals surface area contributed by atoms with Crippen molar-refractivity contribution in [1.82, 2.24) is 5.43 Å². The molecule has 0 aliphatic carbocycles. The van der Waals surface area contributed by atoms with Gasteiger partial charge in [-0.3, -0.25) is 9.59 Å². The van der Waals surface area contributed by atoms with E-state index in [0.717, 1.165) is 48.1 Å². The molecule has 4 nitrogen and oxygen atoms in total. The number of amides is 1. The fraction of sp³-hybridized carbons (Fsp3) is 0.348. The van der Waals surface area contributed by atoms with Gasteiger partial charge in [0.15, 0.2) is 0 Å². The van der Waals surface area contributed by atoms with Crippen molar-refractivity contribution in [2.75, 3.05) is 0 Å². The predicted octanol–water partition coefficient (Wildman–Crippen LogP) is 5.44. The number of nitrogens with one attached hydrogen (secondary N) is 1. The summed E-state index contributed by atoms with van der Waals surface area (Å²) in [7, 11) is 0. The zero-order chi connectivity index (χ0) is 20.8. The first kappa shape index (κ1) is 21.5. The van der Waals surface area contributed by atoms with Crippen molar-refractivity contribution >= 4 is 40.6 Å². The summed E-state index contributed by atoms with van der Waals surface area (Å²) < 4.78 is 0. The van der Waals surface area contributed by atoms with Gasteiger partial charge >= 0.3 is 0 Å². The highest BCUT2D eigenvalue weighted by Crippen LogP contribution is 2.25. The van der Waals surface area contributed by atoms with Gasteiger partial charge in [-0.1, -0.05) is 47.5 Å². The van der Waals surface area contributed by atoms with E-state index in [2.05, 4.69) is 22.7 Å². The summed E-state index contributed by atoms with van der Waals surface area (Å²) >= 11 is 12.4. The highest BCUT2D eigenvalue weighted by Gasteiger charge is 2.12. The maximum Gasteiger partial charge on any atom is 0.240 e. The van der Waals surface area contributed by atoms with E-state index in [1.807, 2.05) is 19.1 Å². The number of nitrogens with zero attached hydrogens (tertiary/aromatic N) is 1. The van der Waals surface area contributed by atoms with Crippen LogP contribution in [0, 0.1) is 6.92 Å². The number of rotatable bonds is 7. The van der Waals surface area contributed by atoms with Crippen LogP contribution in [0.25, 0.3) is 0 Å². The SMILES string of the molecule is Cc1cc(Cl)c(CC(=O)CCCc2ccc(C3=NNC(=O)CCC3)cc2)cc1Cl. The maximum absolute atomic E-state index is 12.3. The van der Waals surface area contributed by atoms with E-state index in [1.165, 1.54) is 5.56 Å². The molecule has 0 saturated heterocycles. The Morgan fingerprint density at radius 2 is 1.86 bits per heavy atom. The molecule has 0 aromatic heterocycles. The van der Waals surface area contributed by atoms with Crippen LogP contribution in [0.5, 0.6) is 0 Å². The average molecular weight is 431 g/mol. The Kier molecular flexibility index (Phi) is 7.45. The summed E-state index contributed by atoms with van der Waals surface area (Å²) in [6.45, 7) is 1.89. The van der Waals surface area contributed by atoms with Crippen LogP contribution in [-0.4, -0.2) is 17.4 Å². The molecule has 2 aromatic rings. The van der Waals surface area contributed by atoms with Gasteiger partial charge in [0.1, 0.15) is 5.78 Å². The van der Waals surface area contributed by atoms with Crippen molar-refractivity contribution in [2.24, 2.45) is 5.10 Å². The fourth-order valence-electron chi connectivity index (χ4n) is 3.34. The lowest BCUT2D eigenvalue weighted by atomic mass is 9.99. The van der Waals surface area contributed by atoms with Crippen LogP contribution in [0.15, 0.2) is 41.5 Å². The van der Waals surface area contributed by atoms with E-state index in [1.54, 1.807) is 12.1 Å². The van der Waals surface area contributed by atoms with E-state index >= 15 is 0 Å². The molecule has 0 saturated carbocycles. The predicted molar refractivity (Wildman–Crippen MR) is 118 cm³/mol. The summed E-state index contributed by atoms with van der Waals surface area (Å²) in [4.78, 5) is 23.7. The lowest BCUT2D eigenvalue weighted by Gasteiger charge is -2.08. The first-order chi connectivity index (χ1) is 13.9. The van der Waals surface area contributed by atoms with E-state index < -0.39 is 0 Å². The second kappa shape index (κ2) is 10.0. The smallest absolute Gasteiger partial charge is 0.240 e. The van der Waals surface area contributed by atoms with Crippen LogP contribution in [0.1, 0.15) is 54.4 Å². The number of benzene rings is 2. The third-order valence-corrected chi connectivity index (χ3v) is 5.82. The minimum Gasteiger partial charge on any atom is -0.299 e. The van der Waals surface area contributed by atoms with E-state index in [9.17, 15) is 9.59 Å². The Morgan fingerprint density at radius 3 is 2.62 bits per heavy atom. The molecule has 1 aliphatic rings. The van der Waals surface area contributed by atoms with Crippen molar-refractivity contribution in [3.63, 3.8) is 0 Å². The summed E-state index contributed by atoms with van der Waals surface area (Å²) in [5.41, 5.74) is 7.39. The van der Waals surface area contributed by atoms with Crippen LogP contribution in [0.2, 0.25) is 10.0 Å². The van der Waals surface area contributed by atoms with Gasteiger partial charge in [-0.2, -0.15) is 5.10 Å². The quantitative estimate of drug-likeness (QED) is 0.635. The highest BCUT2D eigenvalue weighted by molar-refractivity contribution is 6.34. The van der Waals surface area contributed by atoms with Crippen LogP contribution in [0.3, 0.4) is 0 Å². The third-order valence-electron chi connectivity index (χ3n) is 5.06. The zero-order valence-corrected chi connectivity index (χ0v) is 17.9. The van der Waals surface area contributed by atoms with Gasteiger partial charge in [0.05, 0.1) is 5.71 Å². The molecule has 1 N–H and O–H groups in total. The molecule has 152 valence electrons. The number of hydrogen-bond donors (Lipinski definition) is 1. The number of carbonyl (C=O) groups excluding carboxylic acids is 2. The number of hydrogen-bond acceptors (Lipinski definition) is 3. The standard InChI is InChI=1S/C23H24Cl2N2O2/c1-15-12-21(25)18(14-20(15)24)13-19(28)5-2-4-16-8-10-17(11-9-16)22-6-3-7-23(29)27-26-22/h8-12,14H,2-7,13H2,1H3,(H,27,29). The van der Waals surface area contributed by atoms with Crippen molar-refractivity contribution in [3.8, 4) is 0 Å². The average Bonchev–Trinajstić information content (AvgIpc) is 2.91. The Morgan fingerprint density at radius 1 is 1.10 bits per heavy atom. The summed E-state index contributed by atoms with van der Waals surface area (Å²) in [5, 5.41) is 5.43. The summed E-state index contributed by atoms with van der Waals surface area (Å²) in [6.07, 6.45) is 4.54. The molecule has 29 heavy (non-hydrogen) atoms. The number of ketones is 1. The molecule has 3 rings (SSSR count). The van der Waals surface area contributed by atoms with Crippen molar-refractivity contribution in [3.05, 3.63) is 68.7 Å². The Hall–Kier alpha value is -2.17. The molecule has 0 fully saturated rings. The van der Waals surface area contributed by atoms with Crippen molar-refractivity contribution in [1.29, 1.82) is 0 Å². The summed E-state index contributed by atoms with van der Waals surface area (Å²) in [5.74, 6) is 0.127. The van der Waals surface area contributed by atoms with Crippen molar-refractivity contribution in [2.45, 2.75) is 51.9 Å². The zero-order valence-electron chi connectivity index (χ0n) is 16.4. The number of aryl methyl sites for hydroxylation is 2. The normalized spacial score (nSPS) is 14.2. The topological polar surface area (TPSA) is 58.5 Å². The van der Waals surface area contributed by atoms with Gasteiger partial charge in [0, 0.05) is 29.3 Å². The minimum atomic E-state index is -0.0320. The Bertz CT molecular complexity index is 937. The Balaban J connectivity index is 1.50. The van der Waals surface area contributed by atoms with Gasteiger partial charge in [-0.15, -0.1) is 0 Å². The molecule has 0 unspecified atom stereocenters. The van der Waals surface area contributed by atoms with Crippen LogP contribution in [0.4, 0.5) is 0 Å². The third kappa shape index (κ3) is 6.15. The first-order valence-corrected chi connectivity index (χ1v) is 10.6. The van der Waals surface area contributed by atoms with Crippen LogP contribution in [-0.2, 0) is 22.4 Å².